The van der Waals surface area contributed by atoms with Crippen molar-refractivity contribution in [3.63, 3.8) is 0 Å². The number of carboxylic acids is 1. The maximum absolute atomic E-state index is 10.8. The van der Waals surface area contributed by atoms with Gasteiger partial charge in [-0.25, -0.2) is 9.78 Å². The zero-order chi connectivity index (χ0) is 12.3. The molecule has 1 N–H and O–H groups in total. The highest BCUT2D eigenvalue weighted by Gasteiger charge is 2.14. The van der Waals surface area contributed by atoms with E-state index in [-0.39, 0.29) is 5.69 Å². The minimum absolute atomic E-state index is 0.0762. The van der Waals surface area contributed by atoms with Crippen molar-refractivity contribution in [2.75, 3.05) is 11.4 Å². The molecule has 0 atom stereocenters. The third-order valence-electron chi connectivity index (χ3n) is 2.22. The Morgan fingerprint density at radius 3 is 2.94 bits per heavy atom. The van der Waals surface area contributed by atoms with Crippen LogP contribution in [-0.2, 0) is 0 Å². The van der Waals surface area contributed by atoms with Crippen molar-refractivity contribution in [2.45, 2.75) is 6.92 Å². The van der Waals surface area contributed by atoms with Gasteiger partial charge >= 0.3 is 5.97 Å². The molecule has 2 aromatic heterocycles. The van der Waals surface area contributed by atoms with E-state index in [0.29, 0.717) is 11.7 Å². The van der Waals surface area contributed by atoms with E-state index in [0.717, 1.165) is 5.69 Å². The van der Waals surface area contributed by atoms with Gasteiger partial charge in [-0.3, -0.25) is 4.98 Å². The third kappa shape index (κ3) is 2.42. The highest BCUT2D eigenvalue weighted by molar-refractivity contribution is 7.14. The molecule has 0 saturated heterocycles. The van der Waals surface area contributed by atoms with E-state index < -0.39 is 5.97 Å². The maximum atomic E-state index is 10.8. The maximum Gasteiger partial charge on any atom is 0.355 e. The number of nitrogens with zero attached hydrogens (tertiary/aromatic N) is 3. The molecule has 6 heteroatoms. The number of hydrogen-bond acceptors (Lipinski definition) is 5. The lowest BCUT2D eigenvalue weighted by atomic mass is 10.4. The molecular weight excluding hydrogens is 238 g/mol. The Labute approximate surface area is 102 Å². The summed E-state index contributed by atoms with van der Waals surface area (Å²) in [6, 6.07) is 3.75. The van der Waals surface area contributed by atoms with Crippen molar-refractivity contribution in [1.29, 1.82) is 0 Å². The molecule has 0 amide bonds. The van der Waals surface area contributed by atoms with E-state index in [1.807, 2.05) is 24.0 Å². The van der Waals surface area contributed by atoms with Crippen molar-refractivity contribution in [2.24, 2.45) is 0 Å². The van der Waals surface area contributed by atoms with E-state index in [4.69, 9.17) is 5.11 Å². The van der Waals surface area contributed by atoms with Gasteiger partial charge in [0.15, 0.2) is 10.8 Å². The molecule has 17 heavy (non-hydrogen) atoms. The van der Waals surface area contributed by atoms with Crippen molar-refractivity contribution in [3.8, 4) is 0 Å². The number of pyridine rings is 1. The summed E-state index contributed by atoms with van der Waals surface area (Å²) in [5.41, 5.74) is 0.980. The zero-order valence-corrected chi connectivity index (χ0v) is 10.0. The van der Waals surface area contributed by atoms with Crippen molar-refractivity contribution < 1.29 is 9.90 Å². The summed E-state index contributed by atoms with van der Waals surface area (Å²) in [5.74, 6) is -1.00. The van der Waals surface area contributed by atoms with Gasteiger partial charge in [-0.1, -0.05) is 0 Å². The number of carboxylic acid groups (broad SMARTS) is 1. The van der Waals surface area contributed by atoms with Crippen LogP contribution in [-0.4, -0.2) is 27.6 Å². The molecule has 2 heterocycles. The van der Waals surface area contributed by atoms with Gasteiger partial charge in [-0.15, -0.1) is 11.3 Å². The van der Waals surface area contributed by atoms with Gasteiger partial charge in [-0.2, -0.15) is 0 Å². The first-order valence-corrected chi connectivity index (χ1v) is 5.96. The predicted molar refractivity (Wildman–Crippen MR) is 66.0 cm³/mol. The van der Waals surface area contributed by atoms with Crippen molar-refractivity contribution in [1.82, 2.24) is 9.97 Å². The molecule has 0 unspecified atom stereocenters. The number of thiazole rings is 1. The fourth-order valence-corrected chi connectivity index (χ4v) is 2.31. The van der Waals surface area contributed by atoms with Crippen LogP contribution in [0.3, 0.4) is 0 Å². The zero-order valence-electron chi connectivity index (χ0n) is 9.20. The molecule has 0 spiro atoms. The predicted octanol–water partition coefficient (Wildman–Crippen LogP) is 2.39. The number of anilines is 2. The Morgan fingerprint density at radius 1 is 1.59 bits per heavy atom. The summed E-state index contributed by atoms with van der Waals surface area (Å²) in [4.78, 5) is 20.8. The van der Waals surface area contributed by atoms with Gasteiger partial charge in [0.25, 0.3) is 0 Å². The van der Waals surface area contributed by atoms with Crippen molar-refractivity contribution in [3.05, 3.63) is 35.6 Å². The molecule has 0 fully saturated rings. The Bertz CT molecular complexity index is 512. The fourth-order valence-electron chi connectivity index (χ4n) is 1.43. The second-order valence-electron chi connectivity index (χ2n) is 3.28. The number of hydrogen-bond donors (Lipinski definition) is 1. The van der Waals surface area contributed by atoms with Crippen LogP contribution in [0.4, 0.5) is 10.8 Å². The lowest BCUT2D eigenvalue weighted by Gasteiger charge is -2.18. The molecular formula is C11H11N3O2S. The highest BCUT2D eigenvalue weighted by Crippen LogP contribution is 2.27. The van der Waals surface area contributed by atoms with Crippen LogP contribution in [0.2, 0.25) is 0 Å². The van der Waals surface area contributed by atoms with Crippen LogP contribution in [0, 0.1) is 0 Å². The SMILES string of the molecule is CCN(c1cccnc1)c1nc(C(=O)O)cs1. The smallest absolute Gasteiger partial charge is 0.355 e. The van der Waals surface area contributed by atoms with Gasteiger partial charge in [0.2, 0.25) is 0 Å². The molecule has 0 aliphatic heterocycles. The van der Waals surface area contributed by atoms with E-state index in [1.54, 1.807) is 12.4 Å². The van der Waals surface area contributed by atoms with E-state index in [9.17, 15) is 4.79 Å². The summed E-state index contributed by atoms with van der Waals surface area (Å²) >= 11 is 1.31. The van der Waals surface area contributed by atoms with E-state index >= 15 is 0 Å². The Hall–Kier alpha value is -1.95. The summed E-state index contributed by atoms with van der Waals surface area (Å²) in [5, 5.41) is 11.0. The van der Waals surface area contributed by atoms with E-state index in [1.165, 1.54) is 16.7 Å². The molecule has 0 aromatic carbocycles. The van der Waals surface area contributed by atoms with Crippen LogP contribution in [0.5, 0.6) is 0 Å². The van der Waals surface area contributed by atoms with Gasteiger partial charge in [0, 0.05) is 18.1 Å². The largest absolute Gasteiger partial charge is 0.476 e. The van der Waals surface area contributed by atoms with Crippen LogP contribution in [0.15, 0.2) is 29.9 Å². The molecule has 0 bridgehead atoms. The fraction of sp³-hybridized carbons (Fsp3) is 0.182. The summed E-state index contributed by atoms with van der Waals surface area (Å²) in [6.07, 6.45) is 3.42. The average molecular weight is 249 g/mol. The summed E-state index contributed by atoms with van der Waals surface area (Å²) < 4.78 is 0. The van der Waals surface area contributed by atoms with Crippen molar-refractivity contribution >= 4 is 28.1 Å². The molecule has 0 radical (unpaired) electrons. The average Bonchev–Trinajstić information content (AvgIpc) is 2.81. The number of rotatable bonds is 4. The summed E-state index contributed by atoms with van der Waals surface area (Å²) in [7, 11) is 0. The topological polar surface area (TPSA) is 66.3 Å². The normalized spacial score (nSPS) is 10.2. The molecule has 0 aliphatic carbocycles. The van der Waals surface area contributed by atoms with Gasteiger partial charge in [-0.05, 0) is 19.1 Å². The van der Waals surface area contributed by atoms with Gasteiger partial charge < -0.3 is 10.0 Å². The lowest BCUT2D eigenvalue weighted by Crippen LogP contribution is -2.16. The van der Waals surface area contributed by atoms with Crippen LogP contribution >= 0.6 is 11.3 Å². The lowest BCUT2D eigenvalue weighted by molar-refractivity contribution is 0.0691. The second-order valence-corrected chi connectivity index (χ2v) is 4.11. The minimum Gasteiger partial charge on any atom is -0.476 e. The molecule has 0 aliphatic rings. The molecule has 2 aromatic rings. The van der Waals surface area contributed by atoms with E-state index in [2.05, 4.69) is 9.97 Å². The Kier molecular flexibility index (Phi) is 3.34. The standard InChI is InChI=1S/C11H11N3O2S/c1-2-14(8-4-3-5-12-6-8)11-13-9(7-17-11)10(15)16/h3-7H,2H2,1H3,(H,15,16). The summed E-state index contributed by atoms with van der Waals surface area (Å²) in [6.45, 7) is 2.69. The third-order valence-corrected chi connectivity index (χ3v) is 3.08. The monoisotopic (exact) mass is 249 g/mol. The molecule has 5 nitrogen and oxygen atoms in total. The quantitative estimate of drug-likeness (QED) is 0.901. The van der Waals surface area contributed by atoms with Gasteiger partial charge in [0.05, 0.1) is 11.9 Å². The molecule has 2 rings (SSSR count). The van der Waals surface area contributed by atoms with Crippen LogP contribution in [0.25, 0.3) is 0 Å². The first kappa shape index (κ1) is 11.5. The Morgan fingerprint density at radius 2 is 2.41 bits per heavy atom. The Balaban J connectivity index is 2.32. The van der Waals surface area contributed by atoms with Crippen LogP contribution < -0.4 is 4.90 Å². The van der Waals surface area contributed by atoms with Crippen LogP contribution in [0.1, 0.15) is 17.4 Å². The number of aromatic nitrogens is 2. The first-order valence-electron chi connectivity index (χ1n) is 5.08. The highest BCUT2D eigenvalue weighted by atomic mass is 32.1. The number of aromatic carboxylic acids is 1. The molecule has 88 valence electrons. The minimum atomic E-state index is -1.00. The second kappa shape index (κ2) is 4.92. The molecule has 0 saturated carbocycles. The number of carbonyl (C=O) groups is 1. The first-order chi connectivity index (χ1) is 8.22. The van der Waals surface area contributed by atoms with Gasteiger partial charge in [0.1, 0.15) is 0 Å².